The van der Waals surface area contributed by atoms with Crippen molar-refractivity contribution in [3.05, 3.63) is 52.3 Å². The summed E-state index contributed by atoms with van der Waals surface area (Å²) in [7, 11) is 1.23. The van der Waals surface area contributed by atoms with E-state index in [1.165, 1.54) is 13.1 Å². The Hall–Kier alpha value is -3.29. The molecule has 0 saturated heterocycles. The number of furan rings is 1. The van der Waals surface area contributed by atoms with E-state index < -0.39 is 28.8 Å². The van der Waals surface area contributed by atoms with Crippen LogP contribution in [0.5, 0.6) is 5.75 Å². The second kappa shape index (κ2) is 5.10. The SMILES string of the molecule is Cn1c(=O)c(C(=O)C(F)(F)F)c(O)c2ccc3c4ccccc4oc3c21. The normalized spacial score (nSPS) is 12.3. The number of carbonyl (C=O) groups excluding carboxylic acids is 1. The third kappa shape index (κ3) is 2.05. The fraction of sp³-hybridized carbons (Fsp3) is 0.111. The molecular formula is C18H10F3NO4. The minimum atomic E-state index is -5.28. The van der Waals surface area contributed by atoms with Crippen molar-refractivity contribution in [2.24, 2.45) is 7.05 Å². The minimum absolute atomic E-state index is 0.0775. The maximum Gasteiger partial charge on any atom is 0.455 e. The molecule has 0 saturated carbocycles. The molecule has 2 heterocycles. The van der Waals surface area contributed by atoms with E-state index in [1.807, 2.05) is 0 Å². The number of aryl methyl sites for hydroxylation is 1. The number of hydrogen-bond donors (Lipinski definition) is 1. The van der Waals surface area contributed by atoms with E-state index in [2.05, 4.69) is 0 Å². The number of fused-ring (bicyclic) bond motifs is 5. The third-order valence-electron chi connectivity index (χ3n) is 4.35. The first-order chi connectivity index (χ1) is 12.2. The number of Topliss-reactive ketones (excluding diaryl/α,β-unsaturated/α-hetero) is 1. The fourth-order valence-corrected chi connectivity index (χ4v) is 3.15. The molecule has 0 amide bonds. The monoisotopic (exact) mass is 361 g/mol. The number of hydrogen-bond acceptors (Lipinski definition) is 4. The number of carbonyl (C=O) groups is 1. The third-order valence-corrected chi connectivity index (χ3v) is 4.35. The number of ketones is 1. The van der Waals surface area contributed by atoms with Crippen molar-refractivity contribution >= 4 is 38.6 Å². The minimum Gasteiger partial charge on any atom is -0.506 e. The highest BCUT2D eigenvalue weighted by Gasteiger charge is 2.43. The molecule has 26 heavy (non-hydrogen) atoms. The predicted molar refractivity (Wildman–Crippen MR) is 88.5 cm³/mol. The second-order valence-corrected chi connectivity index (χ2v) is 5.85. The zero-order chi connectivity index (χ0) is 18.8. The van der Waals surface area contributed by atoms with Gasteiger partial charge in [0.1, 0.15) is 16.9 Å². The maximum atomic E-state index is 12.8. The molecule has 2 aromatic carbocycles. The van der Waals surface area contributed by atoms with Crippen LogP contribution in [0.15, 0.2) is 45.6 Å². The van der Waals surface area contributed by atoms with E-state index in [0.29, 0.717) is 11.0 Å². The summed E-state index contributed by atoms with van der Waals surface area (Å²) >= 11 is 0. The van der Waals surface area contributed by atoms with Crippen molar-refractivity contribution < 1.29 is 27.5 Å². The number of aromatic hydroxyl groups is 1. The first kappa shape index (κ1) is 16.2. The molecule has 0 aliphatic heterocycles. The van der Waals surface area contributed by atoms with E-state index in [4.69, 9.17) is 4.42 Å². The maximum absolute atomic E-state index is 12.8. The molecule has 1 N–H and O–H groups in total. The van der Waals surface area contributed by atoms with Gasteiger partial charge in [0, 0.05) is 23.2 Å². The first-order valence-electron chi connectivity index (χ1n) is 7.49. The van der Waals surface area contributed by atoms with Crippen LogP contribution in [0.25, 0.3) is 32.8 Å². The van der Waals surface area contributed by atoms with Gasteiger partial charge in [0.15, 0.2) is 5.58 Å². The molecule has 0 spiro atoms. The highest BCUT2D eigenvalue weighted by molar-refractivity contribution is 6.16. The highest BCUT2D eigenvalue weighted by atomic mass is 19.4. The summed E-state index contributed by atoms with van der Waals surface area (Å²) in [5.74, 6) is -3.39. The first-order valence-corrected chi connectivity index (χ1v) is 7.49. The Morgan fingerprint density at radius 2 is 1.73 bits per heavy atom. The van der Waals surface area contributed by atoms with E-state index in [0.717, 1.165) is 9.95 Å². The molecule has 4 aromatic rings. The van der Waals surface area contributed by atoms with Crippen LogP contribution in [0.2, 0.25) is 0 Å². The smallest absolute Gasteiger partial charge is 0.455 e. The van der Waals surface area contributed by atoms with Crippen molar-refractivity contribution in [3.8, 4) is 5.75 Å². The van der Waals surface area contributed by atoms with E-state index in [-0.39, 0.29) is 16.5 Å². The molecular weight excluding hydrogens is 351 g/mol. The van der Waals surface area contributed by atoms with Crippen molar-refractivity contribution in [2.45, 2.75) is 6.18 Å². The molecule has 132 valence electrons. The number of rotatable bonds is 1. The van der Waals surface area contributed by atoms with E-state index >= 15 is 0 Å². The van der Waals surface area contributed by atoms with Gasteiger partial charge in [-0.05, 0) is 18.2 Å². The summed E-state index contributed by atoms with van der Waals surface area (Å²) in [5, 5.41) is 11.6. The molecule has 4 rings (SSSR count). The van der Waals surface area contributed by atoms with Crippen LogP contribution in [-0.2, 0) is 7.05 Å². The number of aromatic nitrogens is 1. The number of benzene rings is 2. The summed E-state index contributed by atoms with van der Waals surface area (Å²) in [4.78, 5) is 24.0. The lowest BCUT2D eigenvalue weighted by molar-refractivity contribution is -0.0887. The van der Waals surface area contributed by atoms with Crippen LogP contribution in [0.3, 0.4) is 0 Å². The number of alkyl halides is 3. The number of nitrogens with zero attached hydrogens (tertiary/aromatic N) is 1. The quantitative estimate of drug-likeness (QED) is 0.522. The Bertz CT molecular complexity index is 1280. The Morgan fingerprint density at radius 1 is 1.08 bits per heavy atom. The Balaban J connectivity index is 2.20. The summed E-state index contributed by atoms with van der Waals surface area (Å²) in [6.07, 6.45) is -5.28. The Kier molecular flexibility index (Phi) is 3.18. The molecule has 0 bridgehead atoms. The van der Waals surface area contributed by atoms with Crippen LogP contribution in [0.1, 0.15) is 10.4 Å². The summed E-state index contributed by atoms with van der Waals surface area (Å²) in [6.45, 7) is 0. The van der Waals surface area contributed by atoms with E-state index in [1.54, 1.807) is 30.3 Å². The van der Waals surface area contributed by atoms with Crippen molar-refractivity contribution in [1.29, 1.82) is 0 Å². The van der Waals surface area contributed by atoms with Crippen LogP contribution >= 0.6 is 0 Å². The predicted octanol–water partition coefficient (Wildman–Crippen LogP) is 3.89. The van der Waals surface area contributed by atoms with Crippen molar-refractivity contribution in [2.75, 3.05) is 0 Å². The van der Waals surface area contributed by atoms with Gasteiger partial charge >= 0.3 is 6.18 Å². The average molecular weight is 361 g/mol. The standard InChI is InChI=1S/C18H10F3NO4/c1-22-13-10(14(23)12(17(22)25)16(24)18(19,20)21)7-6-9-8-4-2-3-5-11(8)26-15(9)13/h2-7,23H,1H3. The van der Waals surface area contributed by atoms with Gasteiger partial charge in [-0.25, -0.2) is 0 Å². The largest absolute Gasteiger partial charge is 0.506 e. The molecule has 0 unspecified atom stereocenters. The van der Waals surface area contributed by atoms with Gasteiger partial charge in [0.25, 0.3) is 11.3 Å². The molecule has 0 radical (unpaired) electrons. The summed E-state index contributed by atoms with van der Waals surface area (Å²) in [5.41, 5.74) is -1.67. The van der Waals surface area contributed by atoms with Gasteiger partial charge in [-0.3, -0.25) is 9.59 Å². The van der Waals surface area contributed by atoms with E-state index in [9.17, 15) is 27.9 Å². The number of para-hydroxylation sites is 1. The summed E-state index contributed by atoms with van der Waals surface area (Å²) in [6, 6.07) is 9.98. The molecule has 8 heteroatoms. The molecule has 5 nitrogen and oxygen atoms in total. The van der Waals surface area contributed by atoms with Gasteiger partial charge < -0.3 is 14.1 Å². The van der Waals surface area contributed by atoms with Gasteiger partial charge in [-0.1, -0.05) is 18.2 Å². The van der Waals surface area contributed by atoms with Crippen molar-refractivity contribution in [3.63, 3.8) is 0 Å². The van der Waals surface area contributed by atoms with Gasteiger partial charge in [0.2, 0.25) is 0 Å². The average Bonchev–Trinajstić information content (AvgIpc) is 2.97. The number of halogens is 3. The number of pyridine rings is 1. The molecule has 0 aliphatic carbocycles. The Morgan fingerprint density at radius 3 is 2.42 bits per heavy atom. The molecule has 2 aromatic heterocycles. The van der Waals surface area contributed by atoms with Crippen LogP contribution < -0.4 is 5.56 Å². The zero-order valence-corrected chi connectivity index (χ0v) is 13.2. The fourth-order valence-electron chi connectivity index (χ4n) is 3.15. The molecule has 0 atom stereocenters. The van der Waals surface area contributed by atoms with Crippen LogP contribution in [0, 0.1) is 0 Å². The second-order valence-electron chi connectivity index (χ2n) is 5.85. The summed E-state index contributed by atoms with van der Waals surface area (Å²) < 4.78 is 45.0. The topological polar surface area (TPSA) is 72.4 Å². The van der Waals surface area contributed by atoms with Gasteiger partial charge in [-0.2, -0.15) is 13.2 Å². The lowest BCUT2D eigenvalue weighted by atomic mass is 10.0. The molecule has 0 fully saturated rings. The van der Waals surface area contributed by atoms with Gasteiger partial charge in [-0.15, -0.1) is 0 Å². The van der Waals surface area contributed by atoms with Crippen LogP contribution in [0.4, 0.5) is 13.2 Å². The van der Waals surface area contributed by atoms with Crippen LogP contribution in [-0.4, -0.2) is 21.6 Å². The molecule has 0 aliphatic rings. The lowest BCUT2D eigenvalue weighted by Gasteiger charge is -2.12. The Labute approximate surface area is 142 Å². The zero-order valence-electron chi connectivity index (χ0n) is 13.2. The lowest BCUT2D eigenvalue weighted by Crippen LogP contribution is -2.32. The highest BCUT2D eigenvalue weighted by Crippen LogP contribution is 2.37. The van der Waals surface area contributed by atoms with Crippen molar-refractivity contribution in [1.82, 2.24) is 4.57 Å². The van der Waals surface area contributed by atoms with Gasteiger partial charge in [0.05, 0.1) is 5.52 Å².